The summed E-state index contributed by atoms with van der Waals surface area (Å²) in [6, 6.07) is 10.5. The van der Waals surface area contributed by atoms with Crippen molar-refractivity contribution in [1.29, 1.82) is 0 Å². The third kappa shape index (κ3) is 2.03. The largest absolute Gasteiger partial charge is 0.303 e. The Hall–Kier alpha value is -1.70. The van der Waals surface area contributed by atoms with E-state index < -0.39 is 0 Å². The van der Waals surface area contributed by atoms with E-state index in [1.807, 2.05) is 12.3 Å². The molecule has 0 spiro atoms. The van der Waals surface area contributed by atoms with Gasteiger partial charge < -0.3 is 4.79 Å². The van der Waals surface area contributed by atoms with Gasteiger partial charge in [-0.3, -0.25) is 4.98 Å². The molecule has 3 rings (SSSR count). The number of rotatable bonds is 2. The van der Waals surface area contributed by atoms with E-state index >= 15 is 0 Å². The molecule has 1 aromatic carbocycles. The zero-order chi connectivity index (χ0) is 12.4. The van der Waals surface area contributed by atoms with Gasteiger partial charge in [-0.25, -0.2) is 0 Å². The summed E-state index contributed by atoms with van der Waals surface area (Å²) in [5.41, 5.74) is 2.48. The van der Waals surface area contributed by atoms with E-state index in [2.05, 4.69) is 29.2 Å². The van der Waals surface area contributed by atoms with Gasteiger partial charge in [0.25, 0.3) is 0 Å². The maximum Gasteiger partial charge on any atom is 0.123 e. The van der Waals surface area contributed by atoms with Gasteiger partial charge in [-0.1, -0.05) is 18.2 Å². The number of aromatic nitrogens is 1. The van der Waals surface area contributed by atoms with E-state index in [1.54, 1.807) is 0 Å². The molecule has 1 saturated carbocycles. The fourth-order valence-electron chi connectivity index (χ4n) is 3.05. The molecule has 1 heterocycles. The van der Waals surface area contributed by atoms with E-state index in [0.29, 0.717) is 5.92 Å². The summed E-state index contributed by atoms with van der Waals surface area (Å²) < 4.78 is 0. The lowest BCUT2D eigenvalue weighted by Crippen LogP contribution is -2.14. The van der Waals surface area contributed by atoms with Crippen molar-refractivity contribution in [3.63, 3.8) is 0 Å². The van der Waals surface area contributed by atoms with E-state index in [4.69, 9.17) is 0 Å². The molecule has 0 atom stereocenters. The first-order valence-electron chi connectivity index (χ1n) is 6.67. The Morgan fingerprint density at radius 2 is 1.89 bits per heavy atom. The molecule has 0 N–H and O–H groups in total. The molecule has 1 aliphatic carbocycles. The Kier molecular flexibility index (Phi) is 3.09. The second-order valence-corrected chi connectivity index (χ2v) is 5.17. The number of benzene rings is 1. The predicted molar refractivity (Wildman–Crippen MR) is 72.5 cm³/mol. The van der Waals surface area contributed by atoms with E-state index in [-0.39, 0.29) is 5.92 Å². The maximum absolute atomic E-state index is 10.8. The molecular weight excluding hydrogens is 222 g/mol. The summed E-state index contributed by atoms with van der Waals surface area (Å²) in [7, 11) is 0. The van der Waals surface area contributed by atoms with Crippen LogP contribution in [0.25, 0.3) is 10.9 Å². The molecule has 0 bridgehead atoms. The van der Waals surface area contributed by atoms with Crippen LogP contribution < -0.4 is 0 Å². The van der Waals surface area contributed by atoms with Crippen LogP contribution in [0.1, 0.15) is 37.2 Å². The van der Waals surface area contributed by atoms with Gasteiger partial charge in [-0.15, -0.1) is 0 Å². The van der Waals surface area contributed by atoms with Crippen molar-refractivity contribution in [2.45, 2.75) is 31.6 Å². The maximum atomic E-state index is 10.8. The summed E-state index contributed by atoms with van der Waals surface area (Å²) in [4.78, 5) is 15.2. The van der Waals surface area contributed by atoms with Gasteiger partial charge in [0.1, 0.15) is 6.29 Å². The van der Waals surface area contributed by atoms with Crippen LogP contribution in [0, 0.1) is 5.92 Å². The molecule has 1 aliphatic rings. The fourth-order valence-corrected chi connectivity index (χ4v) is 3.05. The standard InChI is InChI=1S/C16H17NO/c18-11-12-6-8-13(9-7-12)14-3-1-5-16-15(14)4-2-10-17-16/h1-5,10-13H,6-9H2. The van der Waals surface area contributed by atoms with Crippen LogP contribution in [0.4, 0.5) is 0 Å². The molecule has 0 unspecified atom stereocenters. The van der Waals surface area contributed by atoms with Gasteiger partial charge in [0.15, 0.2) is 0 Å². The average Bonchev–Trinajstić information content (AvgIpc) is 2.47. The van der Waals surface area contributed by atoms with Crippen LogP contribution in [0.3, 0.4) is 0 Å². The lowest BCUT2D eigenvalue weighted by molar-refractivity contribution is -0.111. The molecular formula is C16H17NO. The van der Waals surface area contributed by atoms with Crippen molar-refractivity contribution in [2.75, 3.05) is 0 Å². The number of hydrogen-bond donors (Lipinski definition) is 0. The summed E-state index contributed by atoms with van der Waals surface area (Å²) in [5, 5.41) is 1.27. The first-order chi connectivity index (χ1) is 8.88. The average molecular weight is 239 g/mol. The number of carbonyl (C=O) groups is 1. The van der Waals surface area contributed by atoms with Crippen molar-refractivity contribution < 1.29 is 4.79 Å². The zero-order valence-electron chi connectivity index (χ0n) is 10.4. The number of hydrogen-bond acceptors (Lipinski definition) is 2. The van der Waals surface area contributed by atoms with Crippen LogP contribution in [0.15, 0.2) is 36.5 Å². The number of aldehydes is 1. The van der Waals surface area contributed by atoms with E-state index in [1.165, 1.54) is 10.9 Å². The van der Waals surface area contributed by atoms with Gasteiger partial charge >= 0.3 is 0 Å². The smallest absolute Gasteiger partial charge is 0.123 e. The van der Waals surface area contributed by atoms with Crippen LogP contribution in [-0.4, -0.2) is 11.3 Å². The molecule has 0 aliphatic heterocycles. The lowest BCUT2D eigenvalue weighted by Gasteiger charge is -2.26. The minimum absolute atomic E-state index is 0.286. The normalized spacial score (nSPS) is 24.0. The minimum Gasteiger partial charge on any atom is -0.303 e. The third-order valence-corrected chi connectivity index (χ3v) is 4.08. The predicted octanol–water partition coefficient (Wildman–Crippen LogP) is 3.71. The molecule has 2 nitrogen and oxygen atoms in total. The quantitative estimate of drug-likeness (QED) is 0.748. The zero-order valence-corrected chi connectivity index (χ0v) is 10.4. The summed E-state index contributed by atoms with van der Waals surface area (Å²) in [6.45, 7) is 0. The Labute approximate surface area is 107 Å². The van der Waals surface area contributed by atoms with Gasteiger partial charge in [-0.05, 0) is 49.3 Å². The highest BCUT2D eigenvalue weighted by Crippen LogP contribution is 2.37. The molecule has 0 saturated heterocycles. The Bertz CT molecular complexity index is 551. The van der Waals surface area contributed by atoms with E-state index in [0.717, 1.165) is 37.5 Å². The summed E-state index contributed by atoms with van der Waals surface area (Å²) in [5.74, 6) is 0.878. The minimum atomic E-state index is 0.286. The second kappa shape index (κ2) is 4.89. The lowest BCUT2D eigenvalue weighted by atomic mass is 9.78. The number of pyridine rings is 1. The molecule has 92 valence electrons. The number of fused-ring (bicyclic) bond motifs is 1. The molecule has 18 heavy (non-hydrogen) atoms. The van der Waals surface area contributed by atoms with Crippen LogP contribution in [0.5, 0.6) is 0 Å². The first kappa shape index (κ1) is 11.4. The van der Waals surface area contributed by atoms with Crippen molar-refractivity contribution >= 4 is 17.2 Å². The van der Waals surface area contributed by atoms with Crippen molar-refractivity contribution in [1.82, 2.24) is 4.98 Å². The highest BCUT2D eigenvalue weighted by Gasteiger charge is 2.23. The Morgan fingerprint density at radius 1 is 1.06 bits per heavy atom. The van der Waals surface area contributed by atoms with E-state index in [9.17, 15) is 4.79 Å². The highest BCUT2D eigenvalue weighted by molar-refractivity contribution is 5.82. The molecule has 2 aromatic rings. The molecule has 0 radical (unpaired) electrons. The monoisotopic (exact) mass is 239 g/mol. The van der Waals surface area contributed by atoms with Gasteiger partial charge in [-0.2, -0.15) is 0 Å². The topological polar surface area (TPSA) is 30.0 Å². The highest BCUT2D eigenvalue weighted by atomic mass is 16.1. The Morgan fingerprint density at radius 3 is 2.67 bits per heavy atom. The Balaban J connectivity index is 1.93. The fraction of sp³-hybridized carbons (Fsp3) is 0.375. The number of nitrogens with zero attached hydrogens (tertiary/aromatic N) is 1. The SMILES string of the molecule is O=CC1CCC(c2cccc3ncccc23)CC1. The molecule has 1 fully saturated rings. The van der Waals surface area contributed by atoms with Crippen molar-refractivity contribution in [3.05, 3.63) is 42.1 Å². The molecule has 0 amide bonds. The van der Waals surface area contributed by atoms with Crippen molar-refractivity contribution in [3.8, 4) is 0 Å². The van der Waals surface area contributed by atoms with Crippen molar-refractivity contribution in [2.24, 2.45) is 5.92 Å². The van der Waals surface area contributed by atoms with Gasteiger partial charge in [0.05, 0.1) is 5.52 Å². The van der Waals surface area contributed by atoms with Crippen LogP contribution in [-0.2, 0) is 4.79 Å². The second-order valence-electron chi connectivity index (χ2n) is 5.17. The van der Waals surface area contributed by atoms with Gasteiger partial charge in [0.2, 0.25) is 0 Å². The van der Waals surface area contributed by atoms with Gasteiger partial charge in [0, 0.05) is 17.5 Å². The molecule has 1 aromatic heterocycles. The summed E-state index contributed by atoms with van der Waals surface area (Å²) >= 11 is 0. The molecule has 2 heteroatoms. The van der Waals surface area contributed by atoms with Crippen LogP contribution in [0.2, 0.25) is 0 Å². The third-order valence-electron chi connectivity index (χ3n) is 4.08. The number of carbonyl (C=O) groups excluding carboxylic acids is 1. The summed E-state index contributed by atoms with van der Waals surface area (Å²) in [6.07, 6.45) is 7.28. The first-order valence-corrected chi connectivity index (χ1v) is 6.67. The van der Waals surface area contributed by atoms with Crippen LogP contribution >= 0.6 is 0 Å².